The maximum absolute atomic E-state index is 8.35. The summed E-state index contributed by atoms with van der Waals surface area (Å²) in [6.07, 6.45) is 1.52. The number of nitrogens with zero attached hydrogens (tertiary/aromatic N) is 1. The summed E-state index contributed by atoms with van der Waals surface area (Å²) in [5.74, 6) is 0. The molecular weight excluding hydrogens is 250 g/mol. The smallest absolute Gasteiger partial charge is 0.377 e. The molecule has 0 radical (unpaired) electrons. The maximum Gasteiger partial charge on any atom is 0.500 e. The van der Waals surface area contributed by atoms with E-state index in [2.05, 4.69) is 16.7 Å². The number of nitrogens with one attached hydrogen (secondary N) is 2. The van der Waals surface area contributed by atoms with Gasteiger partial charge in [0.1, 0.15) is 0 Å². The van der Waals surface area contributed by atoms with Crippen LogP contribution in [0.2, 0.25) is 6.04 Å². The van der Waals surface area contributed by atoms with Crippen molar-refractivity contribution in [2.45, 2.75) is 18.9 Å². The number of hydrogen-bond acceptors (Lipinski definition) is 6. The lowest BCUT2D eigenvalue weighted by Gasteiger charge is -2.24. The minimum atomic E-state index is -2.40. The fraction of sp³-hybridized carbons (Fsp3) is 0.909. The van der Waals surface area contributed by atoms with Crippen molar-refractivity contribution >= 4 is 8.80 Å². The van der Waals surface area contributed by atoms with Crippen LogP contribution in [0.25, 0.3) is 0 Å². The van der Waals surface area contributed by atoms with Crippen LogP contribution >= 0.6 is 0 Å². The van der Waals surface area contributed by atoms with Crippen LogP contribution in [0.15, 0.2) is 0 Å². The Labute approximate surface area is 111 Å². The molecule has 106 valence electrons. The first kappa shape index (κ1) is 17.5. The van der Waals surface area contributed by atoms with E-state index in [4.69, 9.17) is 18.5 Å². The topological polar surface area (TPSA) is 75.5 Å². The molecule has 0 unspecified atom stereocenters. The Morgan fingerprint density at radius 2 is 1.50 bits per heavy atom. The predicted molar refractivity (Wildman–Crippen MR) is 72.2 cm³/mol. The van der Waals surface area contributed by atoms with Crippen molar-refractivity contribution in [3.8, 4) is 6.07 Å². The van der Waals surface area contributed by atoms with Gasteiger partial charge in [0, 0.05) is 53.4 Å². The van der Waals surface area contributed by atoms with E-state index < -0.39 is 8.80 Å². The lowest BCUT2D eigenvalue weighted by Crippen LogP contribution is -2.43. The molecule has 0 aliphatic heterocycles. The van der Waals surface area contributed by atoms with Gasteiger partial charge in [0.2, 0.25) is 0 Å². The van der Waals surface area contributed by atoms with Crippen LogP contribution in [0.1, 0.15) is 12.8 Å². The second kappa shape index (κ2) is 11.6. The van der Waals surface area contributed by atoms with Crippen LogP contribution in [-0.4, -0.2) is 56.3 Å². The first-order chi connectivity index (χ1) is 8.74. The average molecular weight is 275 g/mol. The molecule has 0 aliphatic rings. The molecule has 0 fully saturated rings. The summed E-state index contributed by atoms with van der Waals surface area (Å²) in [6.45, 7) is 3.44. The van der Waals surface area contributed by atoms with Gasteiger partial charge >= 0.3 is 8.80 Å². The van der Waals surface area contributed by atoms with Crippen molar-refractivity contribution in [1.82, 2.24) is 10.6 Å². The minimum Gasteiger partial charge on any atom is -0.377 e. The highest BCUT2D eigenvalue weighted by molar-refractivity contribution is 6.60. The summed E-state index contributed by atoms with van der Waals surface area (Å²) < 4.78 is 16.0. The van der Waals surface area contributed by atoms with Crippen molar-refractivity contribution in [1.29, 1.82) is 5.26 Å². The summed E-state index contributed by atoms with van der Waals surface area (Å²) in [4.78, 5) is 0. The monoisotopic (exact) mass is 275 g/mol. The van der Waals surface area contributed by atoms with Gasteiger partial charge in [-0.2, -0.15) is 5.26 Å². The van der Waals surface area contributed by atoms with Crippen molar-refractivity contribution in [3.63, 3.8) is 0 Å². The summed E-state index contributed by atoms with van der Waals surface area (Å²) in [7, 11) is 2.50. The van der Waals surface area contributed by atoms with E-state index in [9.17, 15) is 0 Å². The van der Waals surface area contributed by atoms with Crippen molar-refractivity contribution < 1.29 is 13.3 Å². The fourth-order valence-corrected chi connectivity index (χ4v) is 3.28. The van der Waals surface area contributed by atoms with Crippen LogP contribution in [-0.2, 0) is 13.3 Å². The highest BCUT2D eigenvalue weighted by Gasteiger charge is 2.36. The van der Waals surface area contributed by atoms with Crippen LogP contribution in [0.3, 0.4) is 0 Å². The molecule has 0 amide bonds. The highest BCUT2D eigenvalue weighted by atomic mass is 28.4. The number of rotatable bonds is 12. The standard InChI is InChI=1S/C11H25N3O3Si/c1-15-18(16-2,17-3)11-5-8-14-10-9-13-7-4-6-12/h13-14H,4-5,7-11H2,1-3H3. The molecule has 0 aromatic carbocycles. The zero-order valence-electron chi connectivity index (χ0n) is 11.6. The van der Waals surface area contributed by atoms with Gasteiger partial charge < -0.3 is 23.9 Å². The van der Waals surface area contributed by atoms with E-state index in [0.717, 1.165) is 38.6 Å². The molecule has 0 spiro atoms. The Balaban J connectivity index is 3.42. The Hall–Kier alpha value is -0.493. The SMILES string of the molecule is CO[Si](CCCNCCNCCC#N)(OC)OC. The Kier molecular flexibility index (Phi) is 11.3. The van der Waals surface area contributed by atoms with E-state index >= 15 is 0 Å². The van der Waals surface area contributed by atoms with Crippen molar-refractivity contribution in [2.24, 2.45) is 0 Å². The van der Waals surface area contributed by atoms with Gasteiger partial charge in [0.15, 0.2) is 0 Å². The Bertz CT molecular complexity index is 224. The molecule has 0 aromatic heterocycles. The Morgan fingerprint density at radius 3 is 2.00 bits per heavy atom. The van der Waals surface area contributed by atoms with E-state index in [0.29, 0.717) is 6.42 Å². The summed E-state index contributed by atoms with van der Waals surface area (Å²) >= 11 is 0. The zero-order valence-corrected chi connectivity index (χ0v) is 12.6. The molecule has 0 heterocycles. The van der Waals surface area contributed by atoms with Crippen LogP contribution in [0, 0.1) is 11.3 Å². The normalized spacial score (nSPS) is 11.4. The Morgan fingerprint density at radius 1 is 0.944 bits per heavy atom. The van der Waals surface area contributed by atoms with E-state index in [1.807, 2.05) is 0 Å². The molecule has 0 bridgehead atoms. The van der Waals surface area contributed by atoms with Crippen LogP contribution in [0.4, 0.5) is 0 Å². The molecule has 6 nitrogen and oxygen atoms in total. The van der Waals surface area contributed by atoms with Gasteiger partial charge in [-0.15, -0.1) is 0 Å². The quantitative estimate of drug-likeness (QED) is 0.395. The van der Waals surface area contributed by atoms with Crippen LogP contribution < -0.4 is 10.6 Å². The third-order valence-corrected chi connectivity index (χ3v) is 5.49. The second-order valence-corrected chi connectivity index (χ2v) is 6.90. The zero-order chi connectivity index (χ0) is 13.7. The number of hydrogen-bond donors (Lipinski definition) is 2. The minimum absolute atomic E-state index is 0.559. The molecular formula is C11H25N3O3Si. The fourth-order valence-electron chi connectivity index (χ4n) is 1.56. The molecule has 18 heavy (non-hydrogen) atoms. The maximum atomic E-state index is 8.35. The highest BCUT2D eigenvalue weighted by Crippen LogP contribution is 2.14. The molecule has 0 atom stereocenters. The van der Waals surface area contributed by atoms with Gasteiger partial charge in [-0.1, -0.05) is 0 Å². The van der Waals surface area contributed by atoms with E-state index in [1.54, 1.807) is 21.3 Å². The lowest BCUT2D eigenvalue weighted by molar-refractivity contribution is 0.123. The molecule has 7 heteroatoms. The van der Waals surface area contributed by atoms with Gasteiger partial charge in [-0.05, 0) is 13.0 Å². The first-order valence-corrected chi connectivity index (χ1v) is 8.11. The van der Waals surface area contributed by atoms with Crippen molar-refractivity contribution in [3.05, 3.63) is 0 Å². The second-order valence-electron chi connectivity index (χ2n) is 3.81. The first-order valence-electron chi connectivity index (χ1n) is 6.18. The predicted octanol–water partition coefficient (Wildman–Crippen LogP) is 0.347. The third-order valence-electron chi connectivity index (χ3n) is 2.66. The van der Waals surface area contributed by atoms with Crippen molar-refractivity contribution in [2.75, 3.05) is 47.5 Å². The average Bonchev–Trinajstić information content (AvgIpc) is 2.42. The van der Waals surface area contributed by atoms with Gasteiger partial charge in [0.05, 0.1) is 6.07 Å². The molecule has 0 rings (SSSR count). The number of nitriles is 1. The van der Waals surface area contributed by atoms with Gasteiger partial charge in [-0.3, -0.25) is 0 Å². The molecule has 0 aliphatic carbocycles. The van der Waals surface area contributed by atoms with E-state index in [1.165, 1.54) is 0 Å². The van der Waals surface area contributed by atoms with Gasteiger partial charge in [0.25, 0.3) is 0 Å². The summed E-state index contributed by atoms with van der Waals surface area (Å²) in [5.41, 5.74) is 0. The lowest BCUT2D eigenvalue weighted by atomic mass is 10.4. The molecule has 0 saturated heterocycles. The molecule has 2 N–H and O–H groups in total. The summed E-state index contributed by atoms with van der Waals surface area (Å²) in [6, 6.07) is 2.91. The molecule has 0 saturated carbocycles. The third kappa shape index (κ3) is 7.76. The largest absolute Gasteiger partial charge is 0.500 e. The van der Waals surface area contributed by atoms with Gasteiger partial charge in [-0.25, -0.2) is 0 Å². The molecule has 0 aromatic rings. The van der Waals surface area contributed by atoms with E-state index in [-0.39, 0.29) is 0 Å². The summed E-state index contributed by atoms with van der Waals surface area (Å²) in [5, 5.41) is 14.8. The van der Waals surface area contributed by atoms with Crippen LogP contribution in [0.5, 0.6) is 0 Å².